The van der Waals surface area contributed by atoms with Crippen molar-refractivity contribution < 1.29 is 4.79 Å². The molecule has 0 heterocycles. The third-order valence-electron chi connectivity index (χ3n) is 3.07. The Balaban J connectivity index is 2.84. The van der Waals surface area contributed by atoms with Crippen molar-refractivity contribution in [3.63, 3.8) is 0 Å². The van der Waals surface area contributed by atoms with Gasteiger partial charge in [-0.05, 0) is 30.7 Å². The quantitative estimate of drug-likeness (QED) is 0.785. The molecule has 0 aliphatic heterocycles. The van der Waals surface area contributed by atoms with Gasteiger partial charge in [-0.25, -0.2) is 0 Å². The molecule has 4 nitrogen and oxygen atoms in total. The van der Waals surface area contributed by atoms with Crippen LogP contribution in [0, 0.1) is 0 Å². The lowest BCUT2D eigenvalue weighted by Gasteiger charge is -2.24. The van der Waals surface area contributed by atoms with Gasteiger partial charge in [0, 0.05) is 38.4 Å². The van der Waals surface area contributed by atoms with Gasteiger partial charge in [-0.15, -0.1) is 0 Å². The number of benzene rings is 1. The minimum atomic E-state index is 0.0694. The van der Waals surface area contributed by atoms with Crippen LogP contribution in [0.1, 0.15) is 18.9 Å². The molecule has 0 radical (unpaired) electrons. The number of nitrogens with zero attached hydrogens (tertiary/aromatic N) is 2. The van der Waals surface area contributed by atoms with E-state index in [1.54, 1.807) is 19.0 Å². The average Bonchev–Trinajstić information content (AvgIpc) is 2.40. The average molecular weight is 298 g/mol. The summed E-state index contributed by atoms with van der Waals surface area (Å²) in [5.74, 6) is 0.0694. The van der Waals surface area contributed by atoms with Crippen molar-refractivity contribution in [1.82, 2.24) is 10.2 Å². The molecule has 1 amide bonds. The third-order valence-corrected chi connectivity index (χ3v) is 3.31. The summed E-state index contributed by atoms with van der Waals surface area (Å²) in [6.07, 6.45) is 1.10. The van der Waals surface area contributed by atoms with Crippen LogP contribution < -0.4 is 10.2 Å². The Hall–Kier alpha value is -1.26. The predicted octanol–water partition coefficient (Wildman–Crippen LogP) is 2.36. The summed E-state index contributed by atoms with van der Waals surface area (Å²) in [6, 6.07) is 5.81. The van der Waals surface area contributed by atoms with Crippen LogP contribution in [0.15, 0.2) is 18.2 Å². The molecule has 0 aromatic heterocycles. The van der Waals surface area contributed by atoms with Crippen molar-refractivity contribution >= 4 is 23.2 Å². The highest BCUT2D eigenvalue weighted by molar-refractivity contribution is 6.30. The minimum absolute atomic E-state index is 0.0694. The number of rotatable bonds is 7. The molecule has 0 aliphatic carbocycles. The Labute approximate surface area is 126 Å². The number of carbonyl (C=O) groups excluding carboxylic acids is 1. The molecule has 1 rings (SSSR count). The molecule has 0 saturated heterocycles. The van der Waals surface area contributed by atoms with Crippen LogP contribution >= 0.6 is 11.6 Å². The zero-order chi connectivity index (χ0) is 15.1. The lowest BCUT2D eigenvalue weighted by Crippen LogP contribution is -2.35. The van der Waals surface area contributed by atoms with E-state index < -0.39 is 0 Å². The van der Waals surface area contributed by atoms with E-state index in [0.717, 1.165) is 30.8 Å². The van der Waals surface area contributed by atoms with E-state index in [2.05, 4.69) is 12.2 Å². The van der Waals surface area contributed by atoms with E-state index in [1.807, 2.05) is 30.1 Å². The van der Waals surface area contributed by atoms with Gasteiger partial charge >= 0.3 is 0 Å². The number of amides is 1. The summed E-state index contributed by atoms with van der Waals surface area (Å²) < 4.78 is 0. The van der Waals surface area contributed by atoms with Crippen LogP contribution in [0.4, 0.5) is 5.69 Å². The third kappa shape index (κ3) is 5.02. The van der Waals surface area contributed by atoms with Crippen molar-refractivity contribution in [1.29, 1.82) is 0 Å². The van der Waals surface area contributed by atoms with E-state index in [1.165, 1.54) is 0 Å². The highest BCUT2D eigenvalue weighted by atomic mass is 35.5. The smallest absolute Gasteiger partial charge is 0.241 e. The van der Waals surface area contributed by atoms with E-state index >= 15 is 0 Å². The monoisotopic (exact) mass is 297 g/mol. The lowest BCUT2D eigenvalue weighted by molar-refractivity contribution is -0.127. The molecule has 0 spiro atoms. The van der Waals surface area contributed by atoms with Crippen LogP contribution in [0.5, 0.6) is 0 Å². The molecule has 0 aliphatic rings. The second-order valence-electron chi connectivity index (χ2n) is 5.09. The first kappa shape index (κ1) is 16.8. The van der Waals surface area contributed by atoms with Crippen LogP contribution in [-0.2, 0) is 11.3 Å². The van der Waals surface area contributed by atoms with E-state index in [9.17, 15) is 4.79 Å². The van der Waals surface area contributed by atoms with Crippen molar-refractivity contribution in [2.75, 3.05) is 39.1 Å². The highest BCUT2D eigenvalue weighted by Gasteiger charge is 2.13. The first-order valence-corrected chi connectivity index (χ1v) is 7.24. The summed E-state index contributed by atoms with van der Waals surface area (Å²) in [4.78, 5) is 15.4. The highest BCUT2D eigenvalue weighted by Crippen LogP contribution is 2.24. The molecular weight excluding hydrogens is 274 g/mol. The zero-order valence-electron chi connectivity index (χ0n) is 12.7. The summed E-state index contributed by atoms with van der Waals surface area (Å²) in [7, 11) is 5.44. The summed E-state index contributed by atoms with van der Waals surface area (Å²) >= 11 is 6.08. The number of halogens is 1. The van der Waals surface area contributed by atoms with Crippen LogP contribution in [0.3, 0.4) is 0 Å². The fourth-order valence-electron chi connectivity index (χ4n) is 1.87. The van der Waals surface area contributed by atoms with Gasteiger partial charge in [0.05, 0.1) is 6.54 Å². The maximum atomic E-state index is 11.8. The molecule has 112 valence electrons. The molecule has 0 atom stereocenters. The number of nitrogens with one attached hydrogen (secondary N) is 1. The van der Waals surface area contributed by atoms with Crippen molar-refractivity contribution in [3.05, 3.63) is 28.8 Å². The number of hydrogen-bond acceptors (Lipinski definition) is 3. The molecule has 0 fully saturated rings. The van der Waals surface area contributed by atoms with Crippen LogP contribution in [0.2, 0.25) is 5.02 Å². The van der Waals surface area contributed by atoms with Crippen molar-refractivity contribution in [2.45, 2.75) is 19.9 Å². The summed E-state index contributed by atoms with van der Waals surface area (Å²) in [6.45, 7) is 4.23. The van der Waals surface area contributed by atoms with Crippen molar-refractivity contribution in [3.8, 4) is 0 Å². The largest absolute Gasteiger partial charge is 0.365 e. The summed E-state index contributed by atoms with van der Waals surface area (Å²) in [5.41, 5.74) is 2.15. The van der Waals surface area contributed by atoms with Gasteiger partial charge in [-0.1, -0.05) is 24.6 Å². The Bertz CT molecular complexity index is 449. The molecular formula is C15H24ClN3O. The van der Waals surface area contributed by atoms with Crippen molar-refractivity contribution in [2.24, 2.45) is 0 Å². The zero-order valence-corrected chi connectivity index (χ0v) is 13.5. The van der Waals surface area contributed by atoms with Gasteiger partial charge in [-0.2, -0.15) is 0 Å². The predicted molar refractivity (Wildman–Crippen MR) is 85.4 cm³/mol. The summed E-state index contributed by atoms with van der Waals surface area (Å²) in [5, 5.41) is 4.06. The second-order valence-corrected chi connectivity index (χ2v) is 5.53. The minimum Gasteiger partial charge on any atom is -0.365 e. The fraction of sp³-hybridized carbons (Fsp3) is 0.533. The maximum Gasteiger partial charge on any atom is 0.241 e. The fourth-order valence-corrected chi connectivity index (χ4v) is 2.04. The van der Waals surface area contributed by atoms with E-state index in [4.69, 9.17) is 11.6 Å². The SMILES string of the molecule is CCCNCc1ccc(Cl)cc1N(C)CC(=O)N(C)C. The number of carbonyl (C=O) groups is 1. The van der Waals surface area contributed by atoms with Gasteiger partial charge < -0.3 is 15.1 Å². The van der Waals surface area contributed by atoms with Gasteiger partial charge in [-0.3, -0.25) is 4.79 Å². The standard InChI is InChI=1S/C15H24ClN3O/c1-5-8-17-10-12-6-7-13(16)9-14(12)19(4)11-15(20)18(2)3/h6-7,9,17H,5,8,10-11H2,1-4H3. The molecule has 1 aromatic carbocycles. The lowest BCUT2D eigenvalue weighted by atomic mass is 10.1. The van der Waals surface area contributed by atoms with Gasteiger partial charge in [0.2, 0.25) is 5.91 Å². The molecule has 20 heavy (non-hydrogen) atoms. The normalized spacial score (nSPS) is 10.4. The molecule has 0 unspecified atom stereocenters. The number of likely N-dealkylation sites (N-methyl/N-ethyl adjacent to an activating group) is 2. The number of hydrogen-bond donors (Lipinski definition) is 1. The van der Waals surface area contributed by atoms with Gasteiger partial charge in [0.25, 0.3) is 0 Å². The topological polar surface area (TPSA) is 35.6 Å². The van der Waals surface area contributed by atoms with E-state index in [-0.39, 0.29) is 5.91 Å². The second kappa shape index (κ2) is 8.12. The Morgan fingerprint density at radius 3 is 2.60 bits per heavy atom. The first-order valence-electron chi connectivity index (χ1n) is 6.86. The Morgan fingerprint density at radius 2 is 2.00 bits per heavy atom. The molecule has 0 saturated carbocycles. The molecule has 1 aromatic rings. The molecule has 0 bridgehead atoms. The van der Waals surface area contributed by atoms with E-state index in [0.29, 0.717) is 11.6 Å². The Kier molecular flexibility index (Phi) is 6.82. The van der Waals surface area contributed by atoms with Gasteiger partial charge in [0.15, 0.2) is 0 Å². The van der Waals surface area contributed by atoms with Crippen LogP contribution in [-0.4, -0.2) is 45.0 Å². The van der Waals surface area contributed by atoms with Gasteiger partial charge in [0.1, 0.15) is 0 Å². The molecule has 5 heteroatoms. The number of anilines is 1. The maximum absolute atomic E-state index is 11.8. The van der Waals surface area contributed by atoms with Crippen LogP contribution in [0.25, 0.3) is 0 Å². The first-order chi connectivity index (χ1) is 9.45. The molecule has 1 N–H and O–H groups in total. The Morgan fingerprint density at radius 1 is 1.30 bits per heavy atom.